The minimum Gasteiger partial charge on any atom is -0.332 e. The van der Waals surface area contributed by atoms with Crippen LogP contribution in [0.5, 0.6) is 0 Å². The molecule has 0 spiro atoms. The Morgan fingerprint density at radius 1 is 1.02 bits per heavy atom. The summed E-state index contributed by atoms with van der Waals surface area (Å²) in [7, 11) is -1.90. The molecule has 0 aromatic heterocycles. The van der Waals surface area contributed by atoms with Crippen molar-refractivity contribution in [3.8, 4) is 0 Å². The zero-order valence-corrected chi connectivity index (χ0v) is 31.5. The molecule has 1 saturated carbocycles. The minimum atomic E-state index is -3.42. The van der Waals surface area contributed by atoms with Gasteiger partial charge in [0.15, 0.2) is 11.6 Å². The quantitative estimate of drug-likeness (QED) is 0.177. The molecule has 2 heterocycles. The highest BCUT2D eigenvalue weighted by Crippen LogP contribution is 2.65. The van der Waals surface area contributed by atoms with E-state index in [0.717, 1.165) is 51.2 Å². The Balaban J connectivity index is 1.87. The van der Waals surface area contributed by atoms with Crippen LogP contribution in [0, 0.1) is 40.4 Å². The number of allylic oxidation sites excluding steroid dienone is 1. The van der Waals surface area contributed by atoms with Crippen molar-refractivity contribution in [2.75, 3.05) is 26.4 Å². The van der Waals surface area contributed by atoms with Crippen molar-refractivity contribution in [3.63, 3.8) is 0 Å². The fourth-order valence-corrected chi connectivity index (χ4v) is 8.54. The summed E-state index contributed by atoms with van der Waals surface area (Å²) in [5.41, 5.74) is -0.437. The van der Waals surface area contributed by atoms with Crippen molar-refractivity contribution >= 4 is 39.1 Å². The zero-order valence-electron chi connectivity index (χ0n) is 30.7. The lowest BCUT2D eigenvalue weighted by molar-refractivity contribution is -0.145. The third kappa shape index (κ3) is 10.4. The number of piperidine rings is 1. The van der Waals surface area contributed by atoms with Crippen LogP contribution in [0.1, 0.15) is 125 Å². The maximum absolute atomic E-state index is 14.4. The second-order valence-electron chi connectivity index (χ2n) is 16.7. The lowest BCUT2D eigenvalue weighted by Crippen LogP contribution is -2.48. The predicted molar refractivity (Wildman–Crippen MR) is 189 cm³/mol. The summed E-state index contributed by atoms with van der Waals surface area (Å²) in [4.78, 5) is 70.1. The molecule has 9 nitrogen and oxygen atoms in total. The van der Waals surface area contributed by atoms with E-state index in [1.807, 2.05) is 20.8 Å². The Labute approximate surface area is 290 Å². The fraction of sp³-hybridized carbons (Fsp3) is 0.816. The summed E-state index contributed by atoms with van der Waals surface area (Å²) in [6.07, 6.45) is 11.0. The molecule has 272 valence electrons. The van der Waals surface area contributed by atoms with Gasteiger partial charge < -0.3 is 4.90 Å². The van der Waals surface area contributed by atoms with Gasteiger partial charge in [-0.15, -0.1) is 6.58 Å². The molecule has 1 amide bonds. The van der Waals surface area contributed by atoms with Gasteiger partial charge in [0, 0.05) is 57.7 Å². The number of Topliss-reactive ketones (excluding diaryl/α,β-unsaturated/α-hetero) is 4. The number of fused-ring (bicyclic) bond motifs is 3. The summed E-state index contributed by atoms with van der Waals surface area (Å²) in [6, 6.07) is -0.660. The Hall–Kier alpha value is -2.20. The van der Waals surface area contributed by atoms with Crippen LogP contribution in [0.3, 0.4) is 0 Å². The van der Waals surface area contributed by atoms with Crippen LogP contribution in [0.2, 0.25) is 0 Å². The Morgan fingerprint density at radius 3 is 2.17 bits per heavy atom. The van der Waals surface area contributed by atoms with E-state index in [9.17, 15) is 32.4 Å². The van der Waals surface area contributed by atoms with Gasteiger partial charge in [0.1, 0.15) is 5.78 Å². The smallest absolute Gasteiger partial charge is 0.226 e. The number of amides is 1. The van der Waals surface area contributed by atoms with Crippen LogP contribution in [-0.4, -0.2) is 79.1 Å². The summed E-state index contributed by atoms with van der Waals surface area (Å²) in [6.45, 7) is 14.6. The number of ketones is 4. The first-order chi connectivity index (χ1) is 22.3. The number of carbonyl (C=O) groups excluding carboxylic acids is 5. The lowest BCUT2D eigenvalue weighted by Gasteiger charge is -2.35. The highest BCUT2D eigenvalue weighted by molar-refractivity contribution is 7.88. The van der Waals surface area contributed by atoms with Crippen LogP contribution >= 0.6 is 0 Å². The normalized spacial score (nSPS) is 28.0. The van der Waals surface area contributed by atoms with Gasteiger partial charge in [-0.25, -0.2) is 12.7 Å². The third-order valence-corrected chi connectivity index (χ3v) is 12.9. The first-order valence-electron chi connectivity index (χ1n) is 18.2. The molecular weight excluding hydrogens is 628 g/mol. The molecule has 1 aliphatic carbocycles. The van der Waals surface area contributed by atoms with Crippen LogP contribution < -0.4 is 0 Å². The number of sulfonamides is 1. The van der Waals surface area contributed by atoms with E-state index in [4.69, 9.17) is 0 Å². The molecule has 3 fully saturated rings. The number of hydrogen-bond acceptors (Lipinski definition) is 7. The van der Waals surface area contributed by atoms with Gasteiger partial charge in [0.25, 0.3) is 0 Å². The predicted octanol–water partition coefficient (Wildman–Crippen LogP) is 6.19. The summed E-state index contributed by atoms with van der Waals surface area (Å²) in [5.74, 6) is -2.63. The van der Waals surface area contributed by atoms with Gasteiger partial charge in [0.05, 0.1) is 12.3 Å². The highest BCUT2D eigenvalue weighted by Gasteiger charge is 2.69. The molecule has 3 rings (SSSR count). The highest BCUT2D eigenvalue weighted by atomic mass is 32.2. The molecule has 10 heteroatoms. The second kappa shape index (κ2) is 16.7. The molecule has 0 N–H and O–H groups in total. The fourth-order valence-electron chi connectivity index (χ4n) is 8.09. The van der Waals surface area contributed by atoms with Gasteiger partial charge in [-0.1, -0.05) is 85.6 Å². The third-order valence-electron chi connectivity index (χ3n) is 11.7. The number of nitrogens with zero attached hydrogens (tertiary/aromatic N) is 2. The van der Waals surface area contributed by atoms with Gasteiger partial charge >= 0.3 is 0 Å². The number of rotatable bonds is 12. The molecule has 0 radical (unpaired) electrons. The zero-order chi connectivity index (χ0) is 36.0. The van der Waals surface area contributed by atoms with Gasteiger partial charge in [-0.3, -0.25) is 24.0 Å². The molecule has 48 heavy (non-hydrogen) atoms. The molecular formula is C38H62N2O7S. The SMILES string of the molecule is C=CCCC(=O)C(=O)[C@@H]1CCCCCCCCC[C@H](CC(=O)C[C@H](CN(C)S(C)(=O)=O)C(C)(C)C)C(=O)N2C[C@H]3[C@@H]([C@H]2C(=O)C1)C3(C)C. The van der Waals surface area contributed by atoms with Crippen LogP contribution in [0.4, 0.5) is 0 Å². The van der Waals surface area contributed by atoms with Crippen molar-refractivity contribution < 1.29 is 32.4 Å². The first-order valence-corrected chi connectivity index (χ1v) is 20.1. The Bertz CT molecular complexity index is 1310. The average molecular weight is 691 g/mol. The van der Waals surface area contributed by atoms with E-state index in [-0.39, 0.29) is 78.3 Å². The summed E-state index contributed by atoms with van der Waals surface area (Å²) >= 11 is 0. The van der Waals surface area contributed by atoms with E-state index in [2.05, 4.69) is 20.4 Å². The van der Waals surface area contributed by atoms with E-state index in [1.165, 1.54) is 11.4 Å². The monoisotopic (exact) mass is 690 g/mol. The molecule has 2 saturated heterocycles. The van der Waals surface area contributed by atoms with Crippen molar-refractivity contribution in [1.82, 2.24) is 9.21 Å². The van der Waals surface area contributed by atoms with E-state index >= 15 is 0 Å². The summed E-state index contributed by atoms with van der Waals surface area (Å²) < 4.78 is 25.6. The van der Waals surface area contributed by atoms with Crippen LogP contribution in [0.25, 0.3) is 0 Å². The molecule has 0 bridgehead atoms. The Morgan fingerprint density at radius 2 is 1.60 bits per heavy atom. The largest absolute Gasteiger partial charge is 0.332 e. The number of carbonyl (C=O) groups is 5. The van der Waals surface area contributed by atoms with Crippen LogP contribution in [0.15, 0.2) is 12.7 Å². The number of hydrogen-bond donors (Lipinski definition) is 0. The lowest BCUT2D eigenvalue weighted by atomic mass is 9.76. The van der Waals surface area contributed by atoms with Gasteiger partial charge in [-0.2, -0.15) is 0 Å². The topological polar surface area (TPSA) is 126 Å². The standard InChI is InChI=1S/C38H62N2O7S/c1-9-10-20-31(42)35(44)26-18-16-14-12-11-13-15-17-19-27(21-29(41)23-28(37(2,3)4)24-39(7)48(8,46)47)36(45)40-25-30-33(38(30,5)6)34(40)32(43)22-26/h9,26-28,30,33-34H,1,10-25H2,2-8H3/t26-,27-,28-,30+,33+,34-/m1/s1. The van der Waals surface area contributed by atoms with Crippen LogP contribution in [-0.2, 0) is 34.0 Å². The van der Waals surface area contributed by atoms with Gasteiger partial charge in [0.2, 0.25) is 21.7 Å². The maximum atomic E-state index is 14.4. The maximum Gasteiger partial charge on any atom is 0.226 e. The summed E-state index contributed by atoms with van der Waals surface area (Å²) in [5, 5.41) is 0. The molecule has 2 aliphatic heterocycles. The Kier molecular flexibility index (Phi) is 14.0. The molecule has 0 aromatic carbocycles. The molecule has 0 aromatic rings. The van der Waals surface area contributed by atoms with Crippen molar-refractivity contribution in [1.29, 1.82) is 0 Å². The average Bonchev–Trinajstić information content (AvgIpc) is 3.30. The van der Waals surface area contributed by atoms with Crippen molar-refractivity contribution in [3.05, 3.63) is 12.7 Å². The molecule has 0 unspecified atom stereocenters. The van der Waals surface area contributed by atoms with E-state index in [1.54, 1.807) is 11.0 Å². The molecule has 3 aliphatic rings. The van der Waals surface area contributed by atoms with Crippen molar-refractivity contribution in [2.24, 2.45) is 40.4 Å². The van der Waals surface area contributed by atoms with Crippen molar-refractivity contribution in [2.45, 2.75) is 131 Å². The second-order valence-corrected chi connectivity index (χ2v) is 18.8. The van der Waals surface area contributed by atoms with E-state index < -0.39 is 39.5 Å². The van der Waals surface area contributed by atoms with Gasteiger partial charge in [-0.05, 0) is 47.8 Å². The van der Waals surface area contributed by atoms with E-state index in [0.29, 0.717) is 25.8 Å². The first kappa shape index (κ1) is 40.2. The minimum absolute atomic E-state index is 0.00629. The molecule has 6 atom stereocenters.